The van der Waals surface area contributed by atoms with Crippen molar-refractivity contribution in [3.8, 4) is 0 Å². The predicted molar refractivity (Wildman–Crippen MR) is 121 cm³/mol. The van der Waals surface area contributed by atoms with Crippen molar-refractivity contribution in [1.82, 2.24) is 4.31 Å². The Morgan fingerprint density at radius 3 is 2.16 bits per heavy atom. The predicted octanol–water partition coefficient (Wildman–Crippen LogP) is 3.34. The first kappa shape index (κ1) is 21.8. The van der Waals surface area contributed by atoms with Crippen LogP contribution in [-0.4, -0.2) is 58.0 Å². The summed E-state index contributed by atoms with van der Waals surface area (Å²) in [4.78, 5) is 15.4. The molecular weight excluding hydrogens is 414 g/mol. The second-order valence-corrected chi connectivity index (χ2v) is 9.85. The molecule has 2 fully saturated rings. The number of benzene rings is 2. The van der Waals surface area contributed by atoms with Crippen molar-refractivity contribution in [3.63, 3.8) is 0 Å². The third kappa shape index (κ3) is 5.08. The molecule has 4 rings (SSSR count). The van der Waals surface area contributed by atoms with Gasteiger partial charge in [-0.25, -0.2) is 8.42 Å². The lowest BCUT2D eigenvalue weighted by atomic mass is 10.2. The molecule has 2 aliphatic rings. The smallest absolute Gasteiger partial charge is 0.255 e. The monoisotopic (exact) mass is 443 g/mol. The van der Waals surface area contributed by atoms with Crippen molar-refractivity contribution in [2.45, 2.75) is 30.6 Å². The molecular formula is C23H29N3O4S. The summed E-state index contributed by atoms with van der Waals surface area (Å²) in [6, 6.07) is 14.0. The number of anilines is 2. The quantitative estimate of drug-likeness (QED) is 0.767. The molecule has 166 valence electrons. The van der Waals surface area contributed by atoms with E-state index in [2.05, 4.69) is 10.2 Å². The molecule has 31 heavy (non-hydrogen) atoms. The van der Waals surface area contributed by atoms with Crippen molar-refractivity contribution in [3.05, 3.63) is 54.1 Å². The standard InChI is InChI=1S/C23H29N3O4S/c27-23(24-21-7-3-4-8-22(21)25-13-5-1-2-6-14-25)19-9-11-20(12-10-19)31(28,29)26-15-17-30-18-16-26/h3-4,7-12H,1-2,5-6,13-18H2,(H,24,27). The van der Waals surface area contributed by atoms with Crippen molar-refractivity contribution in [1.29, 1.82) is 0 Å². The number of sulfonamides is 1. The number of nitrogens with one attached hydrogen (secondary N) is 1. The number of amides is 1. The molecule has 2 aromatic carbocycles. The topological polar surface area (TPSA) is 79.0 Å². The highest BCUT2D eigenvalue weighted by Gasteiger charge is 2.26. The van der Waals surface area contributed by atoms with E-state index in [4.69, 9.17) is 4.74 Å². The molecule has 0 aliphatic carbocycles. The molecule has 0 spiro atoms. The summed E-state index contributed by atoms with van der Waals surface area (Å²) in [7, 11) is -3.57. The number of morpholine rings is 1. The van der Waals surface area contributed by atoms with E-state index in [1.54, 1.807) is 12.1 Å². The minimum atomic E-state index is -3.57. The molecule has 2 saturated heterocycles. The molecule has 0 atom stereocenters. The maximum atomic E-state index is 12.9. The van der Waals surface area contributed by atoms with Crippen LogP contribution in [0.2, 0.25) is 0 Å². The molecule has 0 aromatic heterocycles. The van der Waals surface area contributed by atoms with Gasteiger partial charge >= 0.3 is 0 Å². The van der Waals surface area contributed by atoms with E-state index in [-0.39, 0.29) is 10.8 Å². The SMILES string of the molecule is O=C(Nc1ccccc1N1CCCCCC1)c1ccc(S(=O)(=O)N2CCOCC2)cc1. The van der Waals surface area contributed by atoms with Crippen LogP contribution in [0.4, 0.5) is 11.4 Å². The number of hydrogen-bond acceptors (Lipinski definition) is 5. The molecule has 1 amide bonds. The highest BCUT2D eigenvalue weighted by atomic mass is 32.2. The number of rotatable bonds is 5. The zero-order valence-corrected chi connectivity index (χ0v) is 18.4. The molecule has 2 heterocycles. The molecule has 2 aliphatic heterocycles. The maximum Gasteiger partial charge on any atom is 0.255 e. The summed E-state index contributed by atoms with van der Waals surface area (Å²) in [6.07, 6.45) is 4.79. The van der Waals surface area contributed by atoms with Crippen LogP contribution in [0.25, 0.3) is 0 Å². The first-order valence-electron chi connectivity index (χ1n) is 10.9. The van der Waals surface area contributed by atoms with Gasteiger partial charge in [0.2, 0.25) is 10.0 Å². The molecule has 2 aromatic rings. The zero-order chi connectivity index (χ0) is 21.7. The second-order valence-electron chi connectivity index (χ2n) is 7.91. The minimum absolute atomic E-state index is 0.191. The fourth-order valence-corrected chi connectivity index (χ4v) is 5.48. The average molecular weight is 444 g/mol. The number of ether oxygens (including phenoxy) is 1. The Hall–Kier alpha value is -2.42. The summed E-state index contributed by atoms with van der Waals surface area (Å²) in [5, 5.41) is 3.01. The summed E-state index contributed by atoms with van der Waals surface area (Å²) >= 11 is 0. The molecule has 7 nitrogen and oxygen atoms in total. The van der Waals surface area contributed by atoms with Gasteiger partial charge in [0.25, 0.3) is 5.91 Å². The summed E-state index contributed by atoms with van der Waals surface area (Å²) in [5.74, 6) is -0.252. The van der Waals surface area contributed by atoms with Gasteiger partial charge in [-0.05, 0) is 49.2 Å². The lowest BCUT2D eigenvalue weighted by Gasteiger charge is -2.26. The van der Waals surface area contributed by atoms with Crippen LogP contribution in [0, 0.1) is 0 Å². The van der Waals surface area contributed by atoms with Gasteiger partial charge in [-0.2, -0.15) is 4.31 Å². The Morgan fingerprint density at radius 2 is 1.48 bits per heavy atom. The van der Waals surface area contributed by atoms with Gasteiger partial charge in [0.05, 0.1) is 29.5 Å². The second kappa shape index (κ2) is 9.80. The van der Waals surface area contributed by atoms with Crippen LogP contribution in [0.3, 0.4) is 0 Å². The first-order valence-corrected chi connectivity index (χ1v) is 12.3. The van der Waals surface area contributed by atoms with Crippen molar-refractivity contribution < 1.29 is 17.9 Å². The minimum Gasteiger partial charge on any atom is -0.379 e. The third-order valence-corrected chi connectivity index (χ3v) is 7.74. The Bertz CT molecular complexity index is 994. The highest BCUT2D eigenvalue weighted by molar-refractivity contribution is 7.89. The van der Waals surface area contributed by atoms with Gasteiger partial charge < -0.3 is 15.0 Å². The van der Waals surface area contributed by atoms with Crippen LogP contribution < -0.4 is 10.2 Å². The van der Waals surface area contributed by atoms with Crippen LogP contribution in [-0.2, 0) is 14.8 Å². The van der Waals surface area contributed by atoms with Crippen LogP contribution in [0.1, 0.15) is 36.0 Å². The van der Waals surface area contributed by atoms with Crippen molar-refractivity contribution >= 4 is 27.3 Å². The number of carbonyl (C=O) groups excluding carboxylic acids is 1. The van der Waals surface area contributed by atoms with Gasteiger partial charge in [0.1, 0.15) is 0 Å². The molecule has 8 heteroatoms. The van der Waals surface area contributed by atoms with Gasteiger partial charge in [-0.15, -0.1) is 0 Å². The number of para-hydroxylation sites is 2. The van der Waals surface area contributed by atoms with Gasteiger partial charge in [0, 0.05) is 31.7 Å². The van der Waals surface area contributed by atoms with Crippen LogP contribution in [0.5, 0.6) is 0 Å². The Morgan fingerprint density at radius 1 is 0.839 bits per heavy atom. The number of hydrogen-bond donors (Lipinski definition) is 1. The Kier molecular flexibility index (Phi) is 6.89. The Labute approximate surface area is 184 Å². The zero-order valence-electron chi connectivity index (χ0n) is 17.6. The molecule has 0 saturated carbocycles. The van der Waals surface area contributed by atoms with Crippen LogP contribution >= 0.6 is 0 Å². The van der Waals surface area contributed by atoms with Crippen molar-refractivity contribution in [2.24, 2.45) is 0 Å². The summed E-state index contributed by atoms with van der Waals surface area (Å²) in [6.45, 7) is 3.46. The molecule has 0 unspecified atom stereocenters. The lowest BCUT2D eigenvalue weighted by Crippen LogP contribution is -2.40. The largest absolute Gasteiger partial charge is 0.379 e. The van der Waals surface area contributed by atoms with Gasteiger partial charge in [-0.3, -0.25) is 4.79 Å². The normalized spacial score (nSPS) is 18.4. The van der Waals surface area contributed by atoms with E-state index in [0.717, 1.165) is 37.3 Å². The van der Waals surface area contributed by atoms with E-state index in [9.17, 15) is 13.2 Å². The summed E-state index contributed by atoms with van der Waals surface area (Å²) in [5.41, 5.74) is 2.23. The highest BCUT2D eigenvalue weighted by Crippen LogP contribution is 2.28. The van der Waals surface area contributed by atoms with E-state index in [0.29, 0.717) is 31.9 Å². The van der Waals surface area contributed by atoms with Gasteiger partial charge in [0.15, 0.2) is 0 Å². The summed E-state index contributed by atoms with van der Waals surface area (Å²) < 4.78 is 32.2. The third-order valence-electron chi connectivity index (χ3n) is 5.82. The lowest BCUT2D eigenvalue weighted by molar-refractivity contribution is 0.0730. The number of carbonyl (C=O) groups is 1. The molecule has 0 bridgehead atoms. The fourth-order valence-electron chi connectivity index (χ4n) is 4.08. The first-order chi connectivity index (χ1) is 15.1. The van der Waals surface area contributed by atoms with E-state index < -0.39 is 10.0 Å². The molecule has 0 radical (unpaired) electrons. The fraction of sp³-hybridized carbons (Fsp3) is 0.435. The van der Waals surface area contributed by atoms with Crippen molar-refractivity contribution in [2.75, 3.05) is 49.6 Å². The van der Waals surface area contributed by atoms with E-state index >= 15 is 0 Å². The number of nitrogens with zero attached hydrogens (tertiary/aromatic N) is 2. The molecule has 1 N–H and O–H groups in total. The van der Waals surface area contributed by atoms with E-state index in [1.807, 2.05) is 24.3 Å². The Balaban J connectivity index is 1.48. The maximum absolute atomic E-state index is 12.9. The van der Waals surface area contributed by atoms with Crippen LogP contribution in [0.15, 0.2) is 53.4 Å². The van der Waals surface area contributed by atoms with E-state index in [1.165, 1.54) is 29.3 Å². The van der Waals surface area contributed by atoms with Gasteiger partial charge in [-0.1, -0.05) is 25.0 Å². The average Bonchev–Trinajstić information content (AvgIpc) is 3.10.